The molecule has 0 saturated carbocycles. The van der Waals surface area contributed by atoms with Gasteiger partial charge in [-0.3, -0.25) is 14.5 Å². The van der Waals surface area contributed by atoms with E-state index in [0.717, 1.165) is 11.5 Å². The predicted octanol–water partition coefficient (Wildman–Crippen LogP) is 2.19. The van der Waals surface area contributed by atoms with E-state index in [1.807, 2.05) is 30.3 Å². The first-order valence-corrected chi connectivity index (χ1v) is 9.27. The number of carbonyl (C=O) groups excluding carboxylic acids is 2. The minimum atomic E-state index is -0.222. The molecule has 0 fully saturated rings. The summed E-state index contributed by atoms with van der Waals surface area (Å²) in [5, 5.41) is 11.8. The van der Waals surface area contributed by atoms with Crippen LogP contribution in [0.5, 0.6) is 0 Å². The third-order valence-corrected chi connectivity index (χ3v) is 5.04. The van der Waals surface area contributed by atoms with E-state index in [9.17, 15) is 9.59 Å². The standard InChI is InChI=1S/C18H15N5O2S/c24-17-14-8-4-5-9-15(14)18(25)22(17)10-11-26-12-16-19-20-21-23(16)13-6-2-1-3-7-13/h1-9H,10-12H2. The summed E-state index contributed by atoms with van der Waals surface area (Å²) in [6.07, 6.45) is 0. The summed E-state index contributed by atoms with van der Waals surface area (Å²) in [7, 11) is 0. The molecule has 1 aromatic heterocycles. The van der Waals surface area contributed by atoms with Gasteiger partial charge in [0, 0.05) is 12.3 Å². The van der Waals surface area contributed by atoms with E-state index < -0.39 is 0 Å². The molecule has 130 valence electrons. The molecule has 0 bridgehead atoms. The van der Waals surface area contributed by atoms with Crippen LogP contribution in [0.4, 0.5) is 0 Å². The minimum absolute atomic E-state index is 0.222. The van der Waals surface area contributed by atoms with Gasteiger partial charge in [0.05, 0.1) is 22.6 Å². The number of imide groups is 1. The lowest BCUT2D eigenvalue weighted by Gasteiger charge is -2.13. The monoisotopic (exact) mass is 365 g/mol. The van der Waals surface area contributed by atoms with E-state index in [4.69, 9.17) is 0 Å². The number of carbonyl (C=O) groups is 2. The number of para-hydroxylation sites is 1. The zero-order valence-corrected chi connectivity index (χ0v) is 14.6. The van der Waals surface area contributed by atoms with Crippen molar-refractivity contribution in [3.8, 4) is 5.69 Å². The number of fused-ring (bicyclic) bond motifs is 1. The van der Waals surface area contributed by atoms with E-state index in [1.54, 1.807) is 40.7 Å². The number of benzene rings is 2. The van der Waals surface area contributed by atoms with Crippen LogP contribution in [0.15, 0.2) is 54.6 Å². The van der Waals surface area contributed by atoms with Crippen LogP contribution >= 0.6 is 11.8 Å². The maximum Gasteiger partial charge on any atom is 0.261 e. The number of hydrogen-bond donors (Lipinski definition) is 0. The SMILES string of the molecule is O=C1c2ccccc2C(=O)N1CCSCc1nnnn1-c1ccccc1. The smallest absolute Gasteiger partial charge is 0.261 e. The number of hydrogen-bond acceptors (Lipinski definition) is 6. The van der Waals surface area contributed by atoms with Gasteiger partial charge >= 0.3 is 0 Å². The fraction of sp³-hybridized carbons (Fsp3) is 0.167. The quantitative estimate of drug-likeness (QED) is 0.492. The first kappa shape index (κ1) is 16.5. The first-order chi connectivity index (χ1) is 12.8. The van der Waals surface area contributed by atoms with Crippen molar-refractivity contribution >= 4 is 23.6 Å². The number of tetrazole rings is 1. The normalized spacial score (nSPS) is 13.3. The molecule has 0 unspecified atom stereocenters. The van der Waals surface area contributed by atoms with Crippen LogP contribution in [0.25, 0.3) is 5.69 Å². The Bertz CT molecular complexity index is 922. The van der Waals surface area contributed by atoms with Gasteiger partial charge in [0.1, 0.15) is 0 Å². The molecular formula is C18H15N5O2S. The number of amides is 2. The molecule has 0 spiro atoms. The second-order valence-electron chi connectivity index (χ2n) is 5.70. The molecular weight excluding hydrogens is 350 g/mol. The van der Waals surface area contributed by atoms with Gasteiger partial charge in [-0.1, -0.05) is 30.3 Å². The Morgan fingerprint density at radius 2 is 1.54 bits per heavy atom. The van der Waals surface area contributed by atoms with Crippen molar-refractivity contribution in [3.63, 3.8) is 0 Å². The molecule has 2 heterocycles. The third kappa shape index (κ3) is 2.99. The fourth-order valence-corrected chi connectivity index (χ4v) is 3.65. The highest BCUT2D eigenvalue weighted by atomic mass is 32.2. The second-order valence-corrected chi connectivity index (χ2v) is 6.81. The van der Waals surface area contributed by atoms with Crippen molar-refractivity contribution in [2.45, 2.75) is 5.75 Å². The summed E-state index contributed by atoms with van der Waals surface area (Å²) in [4.78, 5) is 26.0. The van der Waals surface area contributed by atoms with Gasteiger partial charge in [-0.25, -0.2) is 0 Å². The summed E-state index contributed by atoms with van der Waals surface area (Å²) in [6.45, 7) is 0.365. The largest absolute Gasteiger partial charge is 0.274 e. The van der Waals surface area contributed by atoms with Gasteiger partial charge < -0.3 is 0 Å². The van der Waals surface area contributed by atoms with Gasteiger partial charge in [-0.15, -0.1) is 5.10 Å². The summed E-state index contributed by atoms with van der Waals surface area (Å²) in [5.41, 5.74) is 1.86. The molecule has 1 aliphatic heterocycles. The second kappa shape index (κ2) is 7.09. The topological polar surface area (TPSA) is 81.0 Å². The van der Waals surface area contributed by atoms with Crippen LogP contribution in [-0.4, -0.2) is 49.2 Å². The third-order valence-electron chi connectivity index (χ3n) is 4.10. The van der Waals surface area contributed by atoms with Crippen LogP contribution < -0.4 is 0 Å². The number of aromatic nitrogens is 4. The molecule has 2 amide bonds. The van der Waals surface area contributed by atoms with Gasteiger partial charge in [0.25, 0.3) is 11.8 Å². The molecule has 26 heavy (non-hydrogen) atoms. The molecule has 4 rings (SSSR count). The molecule has 7 nitrogen and oxygen atoms in total. The van der Waals surface area contributed by atoms with Crippen LogP contribution in [-0.2, 0) is 5.75 Å². The Kier molecular flexibility index (Phi) is 4.49. The van der Waals surface area contributed by atoms with Gasteiger partial charge in [0.2, 0.25) is 0 Å². The zero-order chi connectivity index (χ0) is 17.9. The summed E-state index contributed by atoms with van der Waals surface area (Å²) < 4.78 is 1.69. The number of nitrogens with zero attached hydrogens (tertiary/aromatic N) is 5. The van der Waals surface area contributed by atoms with Crippen molar-refractivity contribution in [1.82, 2.24) is 25.1 Å². The Hall–Kier alpha value is -3.00. The molecule has 0 N–H and O–H groups in total. The predicted molar refractivity (Wildman–Crippen MR) is 97.1 cm³/mol. The summed E-state index contributed by atoms with van der Waals surface area (Å²) in [6, 6.07) is 16.6. The average Bonchev–Trinajstić information content (AvgIpc) is 3.24. The van der Waals surface area contributed by atoms with Gasteiger partial charge in [-0.05, 0) is 34.7 Å². The number of rotatable bonds is 6. The molecule has 0 aliphatic carbocycles. The Labute approximate surface area is 154 Å². The highest BCUT2D eigenvalue weighted by molar-refractivity contribution is 7.98. The zero-order valence-electron chi connectivity index (χ0n) is 13.8. The van der Waals surface area contributed by atoms with Crippen LogP contribution in [0, 0.1) is 0 Å². The van der Waals surface area contributed by atoms with E-state index >= 15 is 0 Å². The lowest BCUT2D eigenvalue weighted by Crippen LogP contribution is -2.31. The molecule has 0 radical (unpaired) electrons. The van der Waals surface area contributed by atoms with E-state index in [2.05, 4.69) is 15.5 Å². The number of thioether (sulfide) groups is 1. The average molecular weight is 365 g/mol. The van der Waals surface area contributed by atoms with Crippen LogP contribution in [0.3, 0.4) is 0 Å². The van der Waals surface area contributed by atoms with Gasteiger partial charge in [-0.2, -0.15) is 16.4 Å². The lowest BCUT2D eigenvalue weighted by atomic mass is 10.1. The molecule has 0 saturated heterocycles. The highest BCUT2D eigenvalue weighted by Gasteiger charge is 2.34. The molecule has 1 aliphatic rings. The highest BCUT2D eigenvalue weighted by Crippen LogP contribution is 2.23. The van der Waals surface area contributed by atoms with Crippen LogP contribution in [0.1, 0.15) is 26.5 Å². The lowest BCUT2D eigenvalue weighted by molar-refractivity contribution is 0.0664. The van der Waals surface area contributed by atoms with Crippen molar-refractivity contribution in [1.29, 1.82) is 0 Å². The van der Waals surface area contributed by atoms with Gasteiger partial charge in [0.15, 0.2) is 5.82 Å². The van der Waals surface area contributed by atoms with Crippen molar-refractivity contribution < 1.29 is 9.59 Å². The van der Waals surface area contributed by atoms with Crippen molar-refractivity contribution in [2.24, 2.45) is 0 Å². The van der Waals surface area contributed by atoms with E-state index in [-0.39, 0.29) is 11.8 Å². The maximum atomic E-state index is 12.3. The molecule has 0 atom stereocenters. The first-order valence-electron chi connectivity index (χ1n) is 8.11. The van der Waals surface area contributed by atoms with Crippen molar-refractivity contribution in [3.05, 3.63) is 71.5 Å². The summed E-state index contributed by atoms with van der Waals surface area (Å²) in [5.74, 6) is 1.49. The Morgan fingerprint density at radius 3 is 2.23 bits per heavy atom. The van der Waals surface area contributed by atoms with E-state index in [1.165, 1.54) is 4.90 Å². The molecule has 2 aromatic carbocycles. The summed E-state index contributed by atoms with van der Waals surface area (Å²) >= 11 is 1.58. The Balaban J connectivity index is 1.35. The van der Waals surface area contributed by atoms with Crippen LogP contribution in [0.2, 0.25) is 0 Å². The minimum Gasteiger partial charge on any atom is -0.274 e. The fourth-order valence-electron chi connectivity index (χ4n) is 2.83. The van der Waals surface area contributed by atoms with Crippen molar-refractivity contribution in [2.75, 3.05) is 12.3 Å². The Morgan fingerprint density at radius 1 is 0.885 bits per heavy atom. The van der Waals surface area contributed by atoms with E-state index in [0.29, 0.717) is 29.2 Å². The maximum absolute atomic E-state index is 12.3. The molecule has 8 heteroatoms. The molecule has 3 aromatic rings.